The number of hydrogen-bond acceptors (Lipinski definition) is 4. The Labute approximate surface area is 111 Å². The highest BCUT2D eigenvalue weighted by atomic mass is 16.5. The molecule has 0 amide bonds. The Morgan fingerprint density at radius 1 is 1.50 bits per heavy atom. The molecule has 1 rings (SSSR count). The van der Waals surface area contributed by atoms with E-state index in [0.717, 1.165) is 52.0 Å². The summed E-state index contributed by atoms with van der Waals surface area (Å²) in [5, 5.41) is 12.6. The van der Waals surface area contributed by atoms with E-state index in [1.807, 2.05) is 6.92 Å². The predicted molar refractivity (Wildman–Crippen MR) is 73.4 cm³/mol. The summed E-state index contributed by atoms with van der Waals surface area (Å²) in [6, 6.07) is 2.41. The standard InChI is InChI=1S/C14H27N3O/c1-4-7-16-14(3,12-15)6-8-17-9-10-18-13(5-2)11-17/h13,16H,4-11H2,1-3H3. The molecule has 4 nitrogen and oxygen atoms in total. The minimum absolute atomic E-state index is 0.371. The Balaban J connectivity index is 2.35. The average Bonchev–Trinajstić information content (AvgIpc) is 2.43. The predicted octanol–water partition coefficient (Wildman–Crippen LogP) is 1.77. The largest absolute Gasteiger partial charge is 0.376 e. The average molecular weight is 253 g/mol. The van der Waals surface area contributed by atoms with Crippen LogP contribution in [-0.2, 0) is 4.74 Å². The minimum atomic E-state index is -0.393. The maximum atomic E-state index is 9.28. The van der Waals surface area contributed by atoms with Gasteiger partial charge in [-0.15, -0.1) is 0 Å². The van der Waals surface area contributed by atoms with Crippen molar-refractivity contribution < 1.29 is 4.74 Å². The van der Waals surface area contributed by atoms with Crippen molar-refractivity contribution in [1.29, 1.82) is 5.26 Å². The van der Waals surface area contributed by atoms with Crippen LogP contribution in [0.4, 0.5) is 0 Å². The monoisotopic (exact) mass is 253 g/mol. The molecule has 0 saturated carbocycles. The van der Waals surface area contributed by atoms with E-state index < -0.39 is 5.54 Å². The van der Waals surface area contributed by atoms with Crippen molar-refractivity contribution in [3.8, 4) is 6.07 Å². The van der Waals surface area contributed by atoms with Crippen molar-refractivity contribution in [2.45, 2.75) is 51.7 Å². The molecule has 0 aromatic heterocycles. The van der Waals surface area contributed by atoms with E-state index in [0.29, 0.717) is 6.10 Å². The number of hydrogen-bond donors (Lipinski definition) is 1. The van der Waals surface area contributed by atoms with Gasteiger partial charge in [-0.25, -0.2) is 0 Å². The van der Waals surface area contributed by atoms with Crippen LogP contribution in [0.15, 0.2) is 0 Å². The fourth-order valence-electron chi connectivity index (χ4n) is 2.20. The lowest BCUT2D eigenvalue weighted by Gasteiger charge is -2.34. The van der Waals surface area contributed by atoms with E-state index in [4.69, 9.17) is 4.74 Å². The Morgan fingerprint density at radius 3 is 2.89 bits per heavy atom. The van der Waals surface area contributed by atoms with Crippen molar-refractivity contribution in [2.75, 3.05) is 32.8 Å². The first-order chi connectivity index (χ1) is 8.63. The second-order valence-corrected chi connectivity index (χ2v) is 5.32. The third kappa shape index (κ3) is 4.93. The molecule has 1 N–H and O–H groups in total. The maximum absolute atomic E-state index is 9.28. The van der Waals surface area contributed by atoms with Gasteiger partial charge in [-0.2, -0.15) is 5.26 Å². The van der Waals surface area contributed by atoms with Crippen LogP contribution in [0.3, 0.4) is 0 Å². The third-order valence-electron chi connectivity index (χ3n) is 3.62. The molecule has 104 valence electrons. The minimum Gasteiger partial charge on any atom is -0.376 e. The molecule has 1 heterocycles. The zero-order valence-electron chi connectivity index (χ0n) is 12.0. The van der Waals surface area contributed by atoms with Gasteiger partial charge in [0.15, 0.2) is 0 Å². The van der Waals surface area contributed by atoms with Crippen LogP contribution in [0, 0.1) is 11.3 Å². The highest BCUT2D eigenvalue weighted by Crippen LogP contribution is 2.13. The molecule has 2 unspecified atom stereocenters. The summed E-state index contributed by atoms with van der Waals surface area (Å²) in [7, 11) is 0. The molecule has 0 radical (unpaired) electrons. The van der Waals surface area contributed by atoms with E-state index in [1.165, 1.54) is 0 Å². The van der Waals surface area contributed by atoms with Gasteiger partial charge in [0.1, 0.15) is 5.54 Å². The second-order valence-electron chi connectivity index (χ2n) is 5.32. The van der Waals surface area contributed by atoms with E-state index in [1.54, 1.807) is 0 Å². The van der Waals surface area contributed by atoms with Crippen molar-refractivity contribution in [2.24, 2.45) is 0 Å². The molecule has 1 aliphatic rings. The van der Waals surface area contributed by atoms with Gasteiger partial charge in [0.25, 0.3) is 0 Å². The number of ether oxygens (including phenoxy) is 1. The van der Waals surface area contributed by atoms with E-state index in [9.17, 15) is 5.26 Å². The molecule has 0 spiro atoms. The van der Waals surface area contributed by atoms with Gasteiger partial charge < -0.3 is 4.74 Å². The van der Waals surface area contributed by atoms with Crippen LogP contribution < -0.4 is 5.32 Å². The second kappa shape index (κ2) is 7.73. The normalized spacial score (nSPS) is 24.4. The van der Waals surface area contributed by atoms with Crippen LogP contribution in [0.2, 0.25) is 0 Å². The molecule has 2 atom stereocenters. The molecule has 1 fully saturated rings. The fraction of sp³-hybridized carbons (Fsp3) is 0.929. The molecule has 0 bridgehead atoms. The lowest BCUT2D eigenvalue weighted by Crippen LogP contribution is -2.47. The van der Waals surface area contributed by atoms with E-state index in [-0.39, 0.29) is 0 Å². The lowest BCUT2D eigenvalue weighted by atomic mass is 9.99. The molecular weight excluding hydrogens is 226 g/mol. The molecule has 0 aromatic rings. The van der Waals surface area contributed by atoms with Gasteiger partial charge in [0.2, 0.25) is 0 Å². The zero-order valence-corrected chi connectivity index (χ0v) is 12.0. The number of morpholine rings is 1. The van der Waals surface area contributed by atoms with E-state index in [2.05, 4.69) is 30.1 Å². The Bertz CT molecular complexity index is 277. The van der Waals surface area contributed by atoms with Crippen LogP contribution in [0.25, 0.3) is 0 Å². The van der Waals surface area contributed by atoms with Gasteiger partial charge >= 0.3 is 0 Å². The van der Waals surface area contributed by atoms with Crippen LogP contribution in [0.5, 0.6) is 0 Å². The number of nitriles is 1. The summed E-state index contributed by atoms with van der Waals surface area (Å²) < 4.78 is 5.66. The lowest BCUT2D eigenvalue weighted by molar-refractivity contribution is -0.0310. The number of rotatable bonds is 7. The van der Waals surface area contributed by atoms with Gasteiger partial charge in [-0.05, 0) is 32.7 Å². The molecule has 1 saturated heterocycles. The van der Waals surface area contributed by atoms with Crippen LogP contribution in [0.1, 0.15) is 40.0 Å². The zero-order chi connectivity index (χ0) is 13.4. The molecule has 18 heavy (non-hydrogen) atoms. The Kier molecular flexibility index (Phi) is 6.62. The molecule has 1 aliphatic heterocycles. The third-order valence-corrected chi connectivity index (χ3v) is 3.62. The summed E-state index contributed by atoms with van der Waals surface area (Å²) in [6.45, 7) is 11.0. The first kappa shape index (κ1) is 15.4. The Hall–Kier alpha value is -0.630. The fourth-order valence-corrected chi connectivity index (χ4v) is 2.20. The van der Waals surface area contributed by atoms with Crippen molar-refractivity contribution in [3.63, 3.8) is 0 Å². The highest BCUT2D eigenvalue weighted by molar-refractivity contribution is 5.04. The van der Waals surface area contributed by atoms with Crippen molar-refractivity contribution >= 4 is 0 Å². The number of nitrogens with zero attached hydrogens (tertiary/aromatic N) is 2. The molecule has 0 aliphatic carbocycles. The van der Waals surface area contributed by atoms with Crippen molar-refractivity contribution in [1.82, 2.24) is 10.2 Å². The molecule has 0 aromatic carbocycles. The summed E-state index contributed by atoms with van der Waals surface area (Å²) in [5.41, 5.74) is -0.393. The summed E-state index contributed by atoms with van der Waals surface area (Å²) >= 11 is 0. The quantitative estimate of drug-likeness (QED) is 0.751. The van der Waals surface area contributed by atoms with Crippen molar-refractivity contribution in [3.05, 3.63) is 0 Å². The smallest absolute Gasteiger partial charge is 0.105 e. The van der Waals surface area contributed by atoms with Crippen LogP contribution in [-0.4, -0.2) is 49.3 Å². The van der Waals surface area contributed by atoms with Gasteiger partial charge in [-0.3, -0.25) is 10.2 Å². The van der Waals surface area contributed by atoms with Crippen LogP contribution >= 0.6 is 0 Å². The highest BCUT2D eigenvalue weighted by Gasteiger charge is 2.25. The maximum Gasteiger partial charge on any atom is 0.105 e. The number of nitrogens with one attached hydrogen (secondary N) is 1. The van der Waals surface area contributed by atoms with Gasteiger partial charge in [0, 0.05) is 19.6 Å². The van der Waals surface area contributed by atoms with Gasteiger partial charge in [0.05, 0.1) is 18.8 Å². The Morgan fingerprint density at radius 2 is 2.28 bits per heavy atom. The SMILES string of the molecule is CCCNC(C)(C#N)CCN1CCOC(CC)C1. The first-order valence-electron chi connectivity index (χ1n) is 7.13. The summed E-state index contributed by atoms with van der Waals surface area (Å²) in [5.74, 6) is 0. The molecular formula is C14H27N3O. The first-order valence-corrected chi connectivity index (χ1v) is 7.13. The topological polar surface area (TPSA) is 48.3 Å². The molecule has 4 heteroatoms. The van der Waals surface area contributed by atoms with Gasteiger partial charge in [-0.1, -0.05) is 13.8 Å². The summed E-state index contributed by atoms with van der Waals surface area (Å²) in [6.07, 6.45) is 3.38. The van der Waals surface area contributed by atoms with E-state index >= 15 is 0 Å². The summed E-state index contributed by atoms with van der Waals surface area (Å²) in [4.78, 5) is 2.42.